The molecule has 3 aromatic rings. The van der Waals surface area contributed by atoms with Crippen LogP contribution in [0.4, 0.5) is 11.4 Å². The van der Waals surface area contributed by atoms with Crippen molar-refractivity contribution in [3.63, 3.8) is 0 Å². The number of aldehydes is 1. The molecule has 0 saturated heterocycles. The lowest BCUT2D eigenvalue weighted by Crippen LogP contribution is -2.08. The number of pyridine rings is 1. The number of anilines is 2. The van der Waals surface area contributed by atoms with Crippen molar-refractivity contribution in [1.29, 1.82) is 0 Å². The fourth-order valence-electron chi connectivity index (χ4n) is 2.92. The van der Waals surface area contributed by atoms with Crippen LogP contribution in [0.25, 0.3) is 10.2 Å². The van der Waals surface area contributed by atoms with Crippen molar-refractivity contribution >= 4 is 50.8 Å². The minimum atomic E-state index is 0.607. The second-order valence-corrected chi connectivity index (χ2v) is 7.66. The topological polar surface area (TPSA) is 54.5 Å². The van der Waals surface area contributed by atoms with Gasteiger partial charge in [0.2, 0.25) is 0 Å². The molecule has 7 heteroatoms. The van der Waals surface area contributed by atoms with E-state index in [2.05, 4.69) is 16.4 Å². The fraction of sp³-hybridized carbons (Fsp3) is 0.238. The third kappa shape index (κ3) is 4.70. The van der Waals surface area contributed by atoms with E-state index in [0.717, 1.165) is 33.4 Å². The number of hydrogen-bond donors (Lipinski definition) is 1. The highest BCUT2D eigenvalue weighted by atomic mass is 35.5. The lowest BCUT2D eigenvalue weighted by Gasteiger charge is -2.14. The molecule has 0 bridgehead atoms. The maximum atomic E-state index is 11.6. The summed E-state index contributed by atoms with van der Waals surface area (Å²) in [5.74, 6) is 0. The normalized spacial score (nSPS) is 11.2. The van der Waals surface area contributed by atoms with Crippen LogP contribution in [0.15, 0.2) is 48.8 Å². The van der Waals surface area contributed by atoms with Crippen molar-refractivity contribution in [2.24, 2.45) is 0 Å². The van der Waals surface area contributed by atoms with Gasteiger partial charge in [0.25, 0.3) is 0 Å². The minimum absolute atomic E-state index is 0.607. The van der Waals surface area contributed by atoms with Gasteiger partial charge in [-0.15, -0.1) is 11.3 Å². The first-order valence-corrected chi connectivity index (χ1v) is 10.1. The lowest BCUT2D eigenvalue weighted by atomic mass is 10.1. The molecule has 0 radical (unpaired) electrons. The van der Waals surface area contributed by atoms with Gasteiger partial charge in [-0.25, -0.2) is 4.98 Å². The maximum Gasteiger partial charge on any atom is 0.160 e. The summed E-state index contributed by atoms with van der Waals surface area (Å²) < 4.78 is 5.12. The van der Waals surface area contributed by atoms with E-state index in [1.807, 2.05) is 48.5 Å². The summed E-state index contributed by atoms with van der Waals surface area (Å²) in [5, 5.41) is 5.09. The van der Waals surface area contributed by atoms with E-state index in [9.17, 15) is 4.79 Å². The quantitative estimate of drug-likeness (QED) is 0.393. The predicted molar refractivity (Wildman–Crippen MR) is 118 cm³/mol. The summed E-state index contributed by atoms with van der Waals surface area (Å²) in [6, 6.07) is 9.59. The first-order valence-electron chi connectivity index (χ1n) is 8.87. The number of rotatable bonds is 9. The molecule has 28 heavy (non-hydrogen) atoms. The number of thiophene rings is 1. The van der Waals surface area contributed by atoms with Crippen molar-refractivity contribution in [3.05, 3.63) is 64.3 Å². The number of carbonyl (C=O) groups excluding carboxylic acids is 1. The van der Waals surface area contributed by atoms with Gasteiger partial charge in [0, 0.05) is 54.9 Å². The Bertz CT molecular complexity index is 970. The number of aromatic nitrogens is 1. The van der Waals surface area contributed by atoms with E-state index in [0.29, 0.717) is 29.5 Å². The highest BCUT2D eigenvalue weighted by molar-refractivity contribution is 7.20. The monoisotopic (exact) mass is 415 g/mol. The number of ether oxygens (including phenoxy) is 1. The van der Waals surface area contributed by atoms with Gasteiger partial charge in [-0.2, -0.15) is 0 Å². The molecule has 0 aliphatic rings. The van der Waals surface area contributed by atoms with Crippen LogP contribution in [0.3, 0.4) is 0 Å². The Morgan fingerprint density at radius 3 is 2.79 bits per heavy atom. The largest absolute Gasteiger partial charge is 0.383 e. The molecule has 146 valence electrons. The van der Waals surface area contributed by atoms with E-state index in [1.165, 1.54) is 11.3 Å². The second kappa shape index (κ2) is 9.68. The molecule has 0 aliphatic heterocycles. The molecule has 0 amide bonds. The number of allylic oxidation sites excluding steroid dienone is 1. The zero-order valence-electron chi connectivity index (χ0n) is 15.8. The third-order valence-electron chi connectivity index (χ3n) is 4.34. The second-order valence-electron chi connectivity index (χ2n) is 6.20. The first kappa shape index (κ1) is 20.3. The van der Waals surface area contributed by atoms with Crippen LogP contribution in [0, 0.1) is 0 Å². The molecule has 0 aliphatic carbocycles. The molecule has 0 fully saturated rings. The number of nitrogens with zero attached hydrogens (tertiary/aromatic N) is 2. The van der Waals surface area contributed by atoms with Gasteiger partial charge in [0.15, 0.2) is 6.29 Å². The van der Waals surface area contributed by atoms with Gasteiger partial charge in [0.1, 0.15) is 4.83 Å². The molecule has 5 nitrogen and oxygen atoms in total. The van der Waals surface area contributed by atoms with Gasteiger partial charge >= 0.3 is 0 Å². The molecule has 0 spiro atoms. The zero-order valence-corrected chi connectivity index (χ0v) is 17.4. The lowest BCUT2D eigenvalue weighted by molar-refractivity contribution is 0.112. The fourth-order valence-corrected chi connectivity index (χ4v) is 4.06. The SMILES string of the molecule is COCCNc1ccnc2sc(C=O)c(C/C=C\N(C)c3ccc(Cl)cc3)c12. The molecular weight excluding hydrogens is 394 g/mol. The van der Waals surface area contributed by atoms with Crippen LogP contribution in [-0.4, -0.2) is 38.6 Å². The summed E-state index contributed by atoms with van der Waals surface area (Å²) in [7, 11) is 3.65. The average molecular weight is 416 g/mol. The Balaban J connectivity index is 1.84. The number of methoxy groups -OCH3 is 1. The van der Waals surface area contributed by atoms with Gasteiger partial charge in [0.05, 0.1) is 11.5 Å². The van der Waals surface area contributed by atoms with Crippen LogP contribution < -0.4 is 10.2 Å². The minimum Gasteiger partial charge on any atom is -0.383 e. The average Bonchev–Trinajstić information content (AvgIpc) is 3.07. The maximum absolute atomic E-state index is 11.6. The van der Waals surface area contributed by atoms with Crippen molar-refractivity contribution in [2.45, 2.75) is 6.42 Å². The molecule has 0 unspecified atom stereocenters. The van der Waals surface area contributed by atoms with Crippen LogP contribution in [0.2, 0.25) is 5.02 Å². The van der Waals surface area contributed by atoms with Gasteiger partial charge in [-0.3, -0.25) is 4.79 Å². The molecule has 2 heterocycles. The molecular formula is C21H22ClN3O2S. The van der Waals surface area contributed by atoms with Crippen molar-refractivity contribution in [3.8, 4) is 0 Å². The van der Waals surface area contributed by atoms with Crippen LogP contribution in [0.1, 0.15) is 15.2 Å². The van der Waals surface area contributed by atoms with Gasteiger partial charge in [-0.05, 0) is 42.3 Å². The van der Waals surface area contributed by atoms with Crippen molar-refractivity contribution < 1.29 is 9.53 Å². The van der Waals surface area contributed by atoms with E-state index in [1.54, 1.807) is 13.3 Å². The highest BCUT2D eigenvalue weighted by Gasteiger charge is 2.15. The molecule has 1 aromatic carbocycles. The molecule has 0 atom stereocenters. The Morgan fingerprint density at radius 2 is 2.07 bits per heavy atom. The summed E-state index contributed by atoms with van der Waals surface area (Å²) >= 11 is 7.37. The molecule has 0 saturated carbocycles. The van der Waals surface area contributed by atoms with Crippen molar-refractivity contribution in [2.75, 3.05) is 37.5 Å². The zero-order chi connectivity index (χ0) is 19.9. The first-order chi connectivity index (χ1) is 13.6. The predicted octanol–water partition coefficient (Wildman–Crippen LogP) is 5.01. The van der Waals surface area contributed by atoms with E-state index in [-0.39, 0.29) is 0 Å². The number of benzene rings is 1. The van der Waals surface area contributed by atoms with Gasteiger partial charge in [-0.1, -0.05) is 17.7 Å². The number of hydrogen-bond acceptors (Lipinski definition) is 6. The van der Waals surface area contributed by atoms with Gasteiger partial charge < -0.3 is 15.0 Å². The molecule has 3 rings (SSSR count). The Morgan fingerprint density at radius 1 is 1.29 bits per heavy atom. The molecule has 1 N–H and O–H groups in total. The number of nitrogens with one attached hydrogen (secondary N) is 1. The Kier molecular flexibility index (Phi) is 7.03. The smallest absolute Gasteiger partial charge is 0.160 e. The molecule has 2 aromatic heterocycles. The number of halogens is 1. The summed E-state index contributed by atoms with van der Waals surface area (Å²) in [4.78, 5) is 19.6. The Hall–Kier alpha value is -2.41. The van der Waals surface area contributed by atoms with Crippen LogP contribution in [0.5, 0.6) is 0 Å². The standard InChI is InChI=1S/C21H22ClN3O2S/c1-25(16-7-5-15(22)6-8-16)12-3-4-17-19(14-26)28-21-20(17)18(9-10-24-21)23-11-13-27-2/h3,5-10,12,14H,4,11,13H2,1-2H3,(H,23,24)/b12-3-. The summed E-state index contributed by atoms with van der Waals surface area (Å²) in [5.41, 5.74) is 3.00. The summed E-state index contributed by atoms with van der Waals surface area (Å²) in [6.45, 7) is 1.30. The number of fused-ring (bicyclic) bond motifs is 1. The van der Waals surface area contributed by atoms with E-state index in [4.69, 9.17) is 16.3 Å². The highest BCUT2D eigenvalue weighted by Crippen LogP contribution is 2.34. The van der Waals surface area contributed by atoms with E-state index < -0.39 is 0 Å². The number of carbonyl (C=O) groups is 1. The van der Waals surface area contributed by atoms with Crippen LogP contribution >= 0.6 is 22.9 Å². The van der Waals surface area contributed by atoms with Crippen molar-refractivity contribution in [1.82, 2.24) is 4.98 Å². The van der Waals surface area contributed by atoms with Crippen LogP contribution in [-0.2, 0) is 11.2 Å². The third-order valence-corrected chi connectivity index (χ3v) is 5.65. The Labute approximate surface area is 173 Å². The summed E-state index contributed by atoms with van der Waals surface area (Å²) in [6.07, 6.45) is 7.36. The van der Waals surface area contributed by atoms with E-state index >= 15 is 0 Å².